The first kappa shape index (κ1) is 29.9. The van der Waals surface area contributed by atoms with Gasteiger partial charge in [-0.3, -0.25) is 4.98 Å². The second kappa shape index (κ2) is 12.3. The van der Waals surface area contributed by atoms with Crippen molar-refractivity contribution in [1.29, 1.82) is 0 Å². The molecule has 9 rings (SSSR count). The van der Waals surface area contributed by atoms with E-state index in [0.29, 0.717) is 0 Å². The van der Waals surface area contributed by atoms with Crippen molar-refractivity contribution in [3.8, 4) is 33.8 Å². The number of rotatable bonds is 6. The first-order chi connectivity index (χ1) is 24.6. The van der Waals surface area contributed by atoms with E-state index in [9.17, 15) is 4.57 Å². The van der Waals surface area contributed by atoms with E-state index in [1.54, 1.807) is 0 Å². The molecular weight excluding hydrogens is 629 g/mol. The van der Waals surface area contributed by atoms with Crippen LogP contribution in [0.15, 0.2) is 182 Å². The molecule has 0 N–H and O–H groups in total. The van der Waals surface area contributed by atoms with Gasteiger partial charge >= 0.3 is 0 Å². The van der Waals surface area contributed by atoms with E-state index >= 15 is 0 Å². The average molecular weight is 660 g/mol. The maximum absolute atomic E-state index is 14.9. The number of hydrogen-bond acceptors (Lipinski definition) is 4. The molecule has 0 bridgehead atoms. The molecule has 3 heterocycles. The Bertz CT molecular complexity index is 2670. The molecule has 0 atom stereocenters. The van der Waals surface area contributed by atoms with Crippen molar-refractivity contribution >= 4 is 55.6 Å². The Kier molecular flexibility index (Phi) is 7.38. The molecular formula is C45H30N3OP. The van der Waals surface area contributed by atoms with Gasteiger partial charge in [0.25, 0.3) is 0 Å². The monoisotopic (exact) mass is 659 g/mol. The zero-order valence-corrected chi connectivity index (χ0v) is 27.9. The molecule has 0 aliphatic rings. The van der Waals surface area contributed by atoms with Gasteiger partial charge in [0.05, 0.1) is 28.1 Å². The summed E-state index contributed by atoms with van der Waals surface area (Å²) in [6.45, 7) is 0. The Morgan fingerprint density at radius 1 is 0.360 bits per heavy atom. The van der Waals surface area contributed by atoms with Crippen LogP contribution in [-0.4, -0.2) is 15.0 Å². The first-order valence-electron chi connectivity index (χ1n) is 16.6. The fraction of sp³-hybridized carbons (Fsp3) is 0. The molecule has 0 aliphatic carbocycles. The highest BCUT2D eigenvalue weighted by Gasteiger charge is 2.29. The highest BCUT2D eigenvalue weighted by Crippen LogP contribution is 2.43. The molecule has 236 valence electrons. The predicted octanol–water partition coefficient (Wildman–Crippen LogP) is 9.97. The summed E-state index contributed by atoms with van der Waals surface area (Å²) >= 11 is 0. The molecule has 0 unspecified atom stereocenters. The normalized spacial score (nSPS) is 11.7. The molecule has 50 heavy (non-hydrogen) atoms. The Hall–Kier alpha value is -6.22. The largest absolute Gasteiger partial charge is 0.309 e. The van der Waals surface area contributed by atoms with Crippen LogP contribution in [0.2, 0.25) is 0 Å². The number of pyridine rings is 3. The van der Waals surface area contributed by atoms with Crippen LogP contribution in [0, 0.1) is 0 Å². The van der Waals surface area contributed by atoms with Gasteiger partial charge in [0, 0.05) is 49.6 Å². The lowest BCUT2D eigenvalue weighted by atomic mass is 10.0. The maximum atomic E-state index is 14.9. The quantitative estimate of drug-likeness (QED) is 0.132. The van der Waals surface area contributed by atoms with Crippen molar-refractivity contribution < 1.29 is 4.57 Å². The van der Waals surface area contributed by atoms with Crippen LogP contribution in [0.3, 0.4) is 0 Å². The van der Waals surface area contributed by atoms with E-state index in [0.717, 1.165) is 82.3 Å². The molecule has 0 saturated heterocycles. The van der Waals surface area contributed by atoms with Gasteiger partial charge in [-0.15, -0.1) is 0 Å². The van der Waals surface area contributed by atoms with Crippen molar-refractivity contribution in [3.05, 3.63) is 182 Å². The van der Waals surface area contributed by atoms with Gasteiger partial charge in [-0.2, -0.15) is 0 Å². The SMILES string of the molecule is O=P(c1ccccc1)(c1ccccc1)c1ccc2cc(-c3ccc(-c4ccc5ccc6ccc(-c7ccccc7)nc6c5n4)cn3)ccc2c1. The summed E-state index contributed by atoms with van der Waals surface area (Å²) in [5, 5.41) is 6.68. The molecule has 0 fully saturated rings. The minimum absolute atomic E-state index is 0.819. The van der Waals surface area contributed by atoms with Crippen LogP contribution in [0.1, 0.15) is 0 Å². The van der Waals surface area contributed by atoms with Gasteiger partial charge in [0.15, 0.2) is 7.14 Å². The van der Waals surface area contributed by atoms with Gasteiger partial charge in [0.2, 0.25) is 0 Å². The van der Waals surface area contributed by atoms with Crippen LogP contribution in [0.25, 0.3) is 66.4 Å². The van der Waals surface area contributed by atoms with Crippen LogP contribution in [0.4, 0.5) is 0 Å². The standard InChI is InChI=1S/C45H30N3OP/c49-50(38-12-6-2-7-13-38,39-14-8-3-9-15-39)40-24-20-34-28-36(19-18-35(34)29-40)41-25-23-37(30-46-41)43-27-22-33-17-16-32-21-26-42(31-10-4-1-5-11-31)47-44(32)45(33)48-43/h1-30H. The molecule has 0 amide bonds. The minimum atomic E-state index is -3.05. The van der Waals surface area contributed by atoms with Crippen LogP contribution in [-0.2, 0) is 4.57 Å². The maximum Gasteiger partial charge on any atom is 0.171 e. The Labute approximate surface area is 290 Å². The molecule has 5 heteroatoms. The topological polar surface area (TPSA) is 55.7 Å². The van der Waals surface area contributed by atoms with Gasteiger partial charge < -0.3 is 4.57 Å². The summed E-state index contributed by atoms with van der Waals surface area (Å²) in [5.41, 5.74) is 7.45. The summed E-state index contributed by atoms with van der Waals surface area (Å²) in [7, 11) is -3.05. The Morgan fingerprint density at radius 2 is 0.840 bits per heavy atom. The number of nitrogens with zero attached hydrogens (tertiary/aromatic N) is 3. The lowest BCUT2D eigenvalue weighted by Gasteiger charge is -2.20. The number of aromatic nitrogens is 3. The third-order valence-electron chi connectivity index (χ3n) is 9.37. The van der Waals surface area contributed by atoms with Gasteiger partial charge in [-0.1, -0.05) is 140 Å². The van der Waals surface area contributed by atoms with Crippen molar-refractivity contribution in [2.45, 2.75) is 0 Å². The lowest BCUT2D eigenvalue weighted by Crippen LogP contribution is -2.24. The van der Waals surface area contributed by atoms with E-state index in [1.165, 1.54) is 0 Å². The molecule has 0 aliphatic heterocycles. The van der Waals surface area contributed by atoms with E-state index in [4.69, 9.17) is 15.0 Å². The van der Waals surface area contributed by atoms with Crippen molar-refractivity contribution in [3.63, 3.8) is 0 Å². The molecule has 4 nitrogen and oxygen atoms in total. The van der Waals surface area contributed by atoms with E-state index in [1.807, 2.05) is 103 Å². The Balaban J connectivity index is 1.04. The molecule has 3 aromatic heterocycles. The van der Waals surface area contributed by atoms with Gasteiger partial charge in [-0.25, -0.2) is 9.97 Å². The molecule has 0 saturated carbocycles. The zero-order chi connectivity index (χ0) is 33.5. The zero-order valence-electron chi connectivity index (χ0n) is 27.0. The van der Waals surface area contributed by atoms with E-state index < -0.39 is 7.14 Å². The molecule has 0 spiro atoms. The summed E-state index contributed by atoms with van der Waals surface area (Å²) in [4.78, 5) is 15.0. The molecule has 0 radical (unpaired) electrons. The molecule has 6 aromatic carbocycles. The third-order valence-corrected chi connectivity index (χ3v) is 12.4. The fourth-order valence-electron chi connectivity index (χ4n) is 6.73. The minimum Gasteiger partial charge on any atom is -0.309 e. The second-order valence-corrected chi connectivity index (χ2v) is 15.2. The van der Waals surface area contributed by atoms with Crippen molar-refractivity contribution in [2.75, 3.05) is 0 Å². The highest BCUT2D eigenvalue weighted by molar-refractivity contribution is 7.85. The lowest BCUT2D eigenvalue weighted by molar-refractivity contribution is 0.592. The van der Waals surface area contributed by atoms with Crippen LogP contribution < -0.4 is 15.9 Å². The third kappa shape index (κ3) is 5.27. The predicted molar refractivity (Wildman–Crippen MR) is 208 cm³/mol. The van der Waals surface area contributed by atoms with Crippen molar-refractivity contribution in [1.82, 2.24) is 15.0 Å². The van der Waals surface area contributed by atoms with E-state index in [-0.39, 0.29) is 0 Å². The first-order valence-corrected chi connectivity index (χ1v) is 18.3. The van der Waals surface area contributed by atoms with E-state index in [2.05, 4.69) is 78.9 Å². The van der Waals surface area contributed by atoms with Gasteiger partial charge in [-0.05, 0) is 47.2 Å². The average Bonchev–Trinajstić information content (AvgIpc) is 3.20. The van der Waals surface area contributed by atoms with Crippen LogP contribution in [0.5, 0.6) is 0 Å². The fourth-order valence-corrected chi connectivity index (χ4v) is 9.41. The van der Waals surface area contributed by atoms with Crippen LogP contribution >= 0.6 is 7.14 Å². The highest BCUT2D eigenvalue weighted by atomic mass is 31.2. The second-order valence-electron chi connectivity index (χ2n) is 12.4. The summed E-state index contributed by atoms with van der Waals surface area (Å²) < 4.78 is 14.9. The summed E-state index contributed by atoms with van der Waals surface area (Å²) in [6, 6.07) is 58.9. The van der Waals surface area contributed by atoms with Crippen molar-refractivity contribution in [2.24, 2.45) is 0 Å². The summed E-state index contributed by atoms with van der Waals surface area (Å²) in [5.74, 6) is 0. The number of hydrogen-bond donors (Lipinski definition) is 0. The smallest absolute Gasteiger partial charge is 0.171 e. The number of benzene rings is 6. The summed E-state index contributed by atoms with van der Waals surface area (Å²) in [6.07, 6.45) is 1.89. The Morgan fingerprint density at radius 3 is 1.44 bits per heavy atom. The molecule has 9 aromatic rings. The van der Waals surface area contributed by atoms with Gasteiger partial charge in [0.1, 0.15) is 0 Å². The number of fused-ring (bicyclic) bond motifs is 4.